The van der Waals surface area contributed by atoms with E-state index in [-0.39, 0.29) is 6.04 Å². The Morgan fingerprint density at radius 2 is 2.50 bits per heavy atom. The summed E-state index contributed by atoms with van der Waals surface area (Å²) in [7, 11) is 0. The standard InChI is InChI=1S/C9H13N3S2/c1-6-5-11-9(14-6)12-7(2)8-10-3-4-13-8/h3-4,6-7H,5H2,1-2H3,(H,11,12). The molecule has 1 aromatic heterocycles. The Morgan fingerprint density at radius 1 is 1.64 bits per heavy atom. The molecule has 0 aromatic carbocycles. The SMILES string of the molecule is CC1CN=C(NC(C)c2nccs2)S1. The molecular weight excluding hydrogens is 214 g/mol. The topological polar surface area (TPSA) is 37.3 Å². The van der Waals surface area contributed by atoms with Crippen molar-refractivity contribution >= 4 is 28.3 Å². The second-order valence-corrected chi connectivity index (χ2v) is 5.66. The molecule has 0 spiro atoms. The maximum Gasteiger partial charge on any atom is 0.157 e. The van der Waals surface area contributed by atoms with Crippen molar-refractivity contribution in [2.24, 2.45) is 4.99 Å². The van der Waals surface area contributed by atoms with Crippen molar-refractivity contribution in [2.75, 3.05) is 6.54 Å². The van der Waals surface area contributed by atoms with E-state index < -0.39 is 0 Å². The lowest BCUT2D eigenvalue weighted by atomic mass is 10.4. The minimum atomic E-state index is 0.270. The normalized spacial score (nSPS) is 23.3. The Morgan fingerprint density at radius 3 is 3.07 bits per heavy atom. The summed E-state index contributed by atoms with van der Waals surface area (Å²) in [5.41, 5.74) is 0. The lowest BCUT2D eigenvalue weighted by Gasteiger charge is -2.11. The van der Waals surface area contributed by atoms with E-state index in [1.165, 1.54) is 0 Å². The molecule has 1 aromatic rings. The highest BCUT2D eigenvalue weighted by Gasteiger charge is 2.17. The van der Waals surface area contributed by atoms with Gasteiger partial charge in [-0.3, -0.25) is 4.99 Å². The molecule has 2 rings (SSSR count). The van der Waals surface area contributed by atoms with Crippen molar-refractivity contribution < 1.29 is 0 Å². The van der Waals surface area contributed by atoms with E-state index in [0.29, 0.717) is 5.25 Å². The minimum absolute atomic E-state index is 0.270. The fourth-order valence-corrected chi connectivity index (χ4v) is 2.82. The van der Waals surface area contributed by atoms with Crippen LogP contribution < -0.4 is 5.32 Å². The van der Waals surface area contributed by atoms with Gasteiger partial charge >= 0.3 is 0 Å². The molecule has 0 saturated heterocycles. The first-order valence-corrected chi connectivity index (χ1v) is 6.38. The molecule has 2 atom stereocenters. The number of nitrogens with one attached hydrogen (secondary N) is 1. The monoisotopic (exact) mass is 227 g/mol. The molecule has 1 N–H and O–H groups in total. The quantitative estimate of drug-likeness (QED) is 0.842. The van der Waals surface area contributed by atoms with Crippen LogP contribution in [-0.2, 0) is 0 Å². The van der Waals surface area contributed by atoms with Crippen molar-refractivity contribution in [1.82, 2.24) is 10.3 Å². The van der Waals surface area contributed by atoms with Crippen molar-refractivity contribution in [1.29, 1.82) is 0 Å². The molecule has 0 bridgehead atoms. The number of hydrogen-bond acceptors (Lipinski definition) is 5. The summed E-state index contributed by atoms with van der Waals surface area (Å²) < 4.78 is 0. The first-order chi connectivity index (χ1) is 6.75. The highest BCUT2D eigenvalue weighted by molar-refractivity contribution is 8.14. The fraction of sp³-hybridized carbons (Fsp3) is 0.556. The molecule has 0 radical (unpaired) electrons. The number of aromatic nitrogens is 1. The Balaban J connectivity index is 1.92. The van der Waals surface area contributed by atoms with Crippen LogP contribution >= 0.6 is 23.1 Å². The Labute approximate surface area is 92.0 Å². The number of thioether (sulfide) groups is 1. The molecule has 14 heavy (non-hydrogen) atoms. The van der Waals surface area contributed by atoms with E-state index in [1.807, 2.05) is 11.6 Å². The zero-order chi connectivity index (χ0) is 9.97. The van der Waals surface area contributed by atoms with Gasteiger partial charge in [0.2, 0.25) is 0 Å². The van der Waals surface area contributed by atoms with Gasteiger partial charge in [0.1, 0.15) is 5.01 Å². The summed E-state index contributed by atoms with van der Waals surface area (Å²) in [4.78, 5) is 8.68. The molecule has 1 aliphatic rings. The van der Waals surface area contributed by atoms with Crippen molar-refractivity contribution in [3.63, 3.8) is 0 Å². The van der Waals surface area contributed by atoms with Crippen LogP contribution in [0.3, 0.4) is 0 Å². The minimum Gasteiger partial charge on any atom is -0.356 e. The molecule has 0 fully saturated rings. The van der Waals surface area contributed by atoms with Gasteiger partial charge in [-0.2, -0.15) is 0 Å². The van der Waals surface area contributed by atoms with Gasteiger partial charge in [0, 0.05) is 16.8 Å². The van der Waals surface area contributed by atoms with Crippen LogP contribution in [0.2, 0.25) is 0 Å². The Kier molecular flexibility index (Phi) is 3.08. The zero-order valence-electron chi connectivity index (χ0n) is 8.23. The van der Waals surface area contributed by atoms with Crippen LogP contribution in [-0.4, -0.2) is 21.9 Å². The summed E-state index contributed by atoms with van der Waals surface area (Å²) in [6.45, 7) is 5.24. The summed E-state index contributed by atoms with van der Waals surface area (Å²) in [6, 6.07) is 0.270. The fourth-order valence-electron chi connectivity index (χ4n) is 1.25. The van der Waals surface area contributed by atoms with Gasteiger partial charge in [-0.1, -0.05) is 18.7 Å². The molecular formula is C9H13N3S2. The molecule has 0 saturated carbocycles. The highest BCUT2D eigenvalue weighted by Crippen LogP contribution is 2.22. The molecule has 1 aliphatic heterocycles. The van der Waals surface area contributed by atoms with E-state index in [2.05, 4.69) is 29.1 Å². The van der Waals surface area contributed by atoms with Gasteiger partial charge in [0.25, 0.3) is 0 Å². The molecule has 0 amide bonds. The Hall–Kier alpha value is -0.550. The number of aliphatic imine (C=N–C) groups is 1. The Bertz CT molecular complexity index is 321. The van der Waals surface area contributed by atoms with E-state index in [9.17, 15) is 0 Å². The van der Waals surface area contributed by atoms with Gasteiger partial charge in [0.05, 0.1) is 12.6 Å². The third kappa shape index (κ3) is 2.27. The van der Waals surface area contributed by atoms with Gasteiger partial charge in [0.15, 0.2) is 5.17 Å². The predicted molar refractivity (Wildman–Crippen MR) is 63.0 cm³/mol. The lowest BCUT2D eigenvalue weighted by Crippen LogP contribution is -2.23. The van der Waals surface area contributed by atoms with Crippen molar-refractivity contribution in [2.45, 2.75) is 25.1 Å². The summed E-state index contributed by atoms with van der Waals surface area (Å²) in [6.07, 6.45) is 1.84. The predicted octanol–water partition coefficient (Wildman–Crippen LogP) is 2.29. The second kappa shape index (κ2) is 4.31. The average Bonchev–Trinajstić information content (AvgIpc) is 2.75. The maximum absolute atomic E-state index is 4.41. The number of hydrogen-bond donors (Lipinski definition) is 1. The summed E-state index contributed by atoms with van der Waals surface area (Å²) in [5.74, 6) is 0. The van der Waals surface area contributed by atoms with Crippen molar-refractivity contribution in [3.8, 4) is 0 Å². The van der Waals surface area contributed by atoms with Gasteiger partial charge in [-0.15, -0.1) is 11.3 Å². The molecule has 5 heteroatoms. The van der Waals surface area contributed by atoms with E-state index in [4.69, 9.17) is 0 Å². The van der Waals surface area contributed by atoms with Crippen molar-refractivity contribution in [3.05, 3.63) is 16.6 Å². The number of rotatable bonds is 2. The smallest absolute Gasteiger partial charge is 0.157 e. The van der Waals surface area contributed by atoms with Crippen LogP contribution in [0.25, 0.3) is 0 Å². The number of thiazole rings is 1. The van der Waals surface area contributed by atoms with Gasteiger partial charge < -0.3 is 5.32 Å². The average molecular weight is 227 g/mol. The first-order valence-electron chi connectivity index (χ1n) is 4.62. The maximum atomic E-state index is 4.41. The molecule has 2 unspecified atom stereocenters. The summed E-state index contributed by atoms with van der Waals surface area (Å²) >= 11 is 3.48. The van der Waals surface area contributed by atoms with Gasteiger partial charge in [-0.05, 0) is 6.92 Å². The van der Waals surface area contributed by atoms with E-state index in [0.717, 1.165) is 16.7 Å². The molecule has 76 valence electrons. The molecule has 0 aliphatic carbocycles. The van der Waals surface area contributed by atoms with E-state index >= 15 is 0 Å². The van der Waals surface area contributed by atoms with Crippen LogP contribution in [0.15, 0.2) is 16.6 Å². The van der Waals surface area contributed by atoms with Crippen LogP contribution in [0.4, 0.5) is 0 Å². The number of nitrogens with zero attached hydrogens (tertiary/aromatic N) is 2. The van der Waals surface area contributed by atoms with Crippen LogP contribution in [0.5, 0.6) is 0 Å². The third-order valence-electron chi connectivity index (χ3n) is 1.97. The molecule has 2 heterocycles. The van der Waals surface area contributed by atoms with Crippen LogP contribution in [0, 0.1) is 0 Å². The molecule has 3 nitrogen and oxygen atoms in total. The van der Waals surface area contributed by atoms with E-state index in [1.54, 1.807) is 23.1 Å². The summed E-state index contributed by atoms with van der Waals surface area (Å²) in [5, 5.41) is 8.16. The first kappa shape index (κ1) is 9.98. The highest BCUT2D eigenvalue weighted by atomic mass is 32.2. The van der Waals surface area contributed by atoms with Crippen LogP contribution in [0.1, 0.15) is 24.9 Å². The third-order valence-corrected chi connectivity index (χ3v) is 3.95. The second-order valence-electron chi connectivity index (χ2n) is 3.31. The zero-order valence-corrected chi connectivity index (χ0v) is 9.86. The van der Waals surface area contributed by atoms with Gasteiger partial charge in [-0.25, -0.2) is 4.98 Å². The lowest BCUT2D eigenvalue weighted by molar-refractivity contribution is 0.716. The largest absolute Gasteiger partial charge is 0.356 e. The number of amidine groups is 1.